The molecule has 0 aromatic rings. The summed E-state index contributed by atoms with van der Waals surface area (Å²) in [5.74, 6) is 0. The van der Waals surface area contributed by atoms with E-state index in [-0.39, 0.29) is 12.1 Å². The fourth-order valence-corrected chi connectivity index (χ4v) is 0.474. The highest BCUT2D eigenvalue weighted by atomic mass is 14.8. The highest BCUT2D eigenvalue weighted by Crippen LogP contribution is 1.90. The first kappa shape index (κ1) is 8.30. The second kappa shape index (κ2) is 4.21. The summed E-state index contributed by atoms with van der Waals surface area (Å²) in [6, 6.07) is -0.200. The standard InChI is InChI=1S/C6H13N3/c1-3-9-5(2)6(8)4-7/h3-7H,8H2,1-2H3/b7-4?,9-3-. The molecule has 3 N–H and O–H groups in total. The molecule has 2 atom stereocenters. The maximum atomic E-state index is 6.79. The van der Waals surface area contributed by atoms with Crippen molar-refractivity contribution in [2.45, 2.75) is 25.9 Å². The predicted molar refractivity (Wildman–Crippen MR) is 40.4 cm³/mol. The molecule has 9 heavy (non-hydrogen) atoms. The smallest absolute Gasteiger partial charge is 0.0668 e. The zero-order chi connectivity index (χ0) is 7.28. The Balaban J connectivity index is 3.71. The molecule has 0 heterocycles. The van der Waals surface area contributed by atoms with E-state index in [1.165, 1.54) is 6.21 Å². The van der Waals surface area contributed by atoms with Crippen LogP contribution in [0.2, 0.25) is 0 Å². The summed E-state index contributed by atoms with van der Waals surface area (Å²) >= 11 is 0. The summed E-state index contributed by atoms with van der Waals surface area (Å²) in [6.45, 7) is 3.73. The lowest BCUT2D eigenvalue weighted by Gasteiger charge is -2.08. The third-order valence-corrected chi connectivity index (χ3v) is 1.13. The summed E-state index contributed by atoms with van der Waals surface area (Å²) in [4.78, 5) is 3.99. The predicted octanol–water partition coefficient (Wildman–Crippen LogP) is 0.442. The molecule has 0 spiro atoms. The average molecular weight is 127 g/mol. The van der Waals surface area contributed by atoms with Crippen molar-refractivity contribution >= 4 is 12.4 Å². The molecule has 2 unspecified atom stereocenters. The Labute approximate surface area is 55.5 Å². The minimum absolute atomic E-state index is 0.0347. The van der Waals surface area contributed by atoms with Gasteiger partial charge in [0.1, 0.15) is 0 Å². The van der Waals surface area contributed by atoms with E-state index < -0.39 is 0 Å². The van der Waals surface area contributed by atoms with Crippen molar-refractivity contribution in [2.24, 2.45) is 10.7 Å². The fourth-order valence-electron chi connectivity index (χ4n) is 0.474. The fraction of sp³-hybridized carbons (Fsp3) is 0.667. The van der Waals surface area contributed by atoms with E-state index in [1.807, 2.05) is 13.8 Å². The molecule has 3 heteroatoms. The van der Waals surface area contributed by atoms with Crippen LogP contribution in [0.5, 0.6) is 0 Å². The van der Waals surface area contributed by atoms with Crippen LogP contribution in [0.25, 0.3) is 0 Å². The number of hydrogen-bond acceptors (Lipinski definition) is 3. The van der Waals surface area contributed by atoms with E-state index in [2.05, 4.69) is 4.99 Å². The number of nitrogens with zero attached hydrogens (tertiary/aromatic N) is 1. The lowest BCUT2D eigenvalue weighted by molar-refractivity contribution is 0.689. The Kier molecular flexibility index (Phi) is 3.88. The number of aliphatic imine (C=N–C) groups is 1. The molecule has 0 aromatic carbocycles. The van der Waals surface area contributed by atoms with Crippen molar-refractivity contribution in [1.29, 1.82) is 5.41 Å². The van der Waals surface area contributed by atoms with Gasteiger partial charge in [-0.1, -0.05) is 0 Å². The molecule has 3 nitrogen and oxygen atoms in total. The number of rotatable bonds is 3. The Morgan fingerprint density at radius 3 is 2.56 bits per heavy atom. The topological polar surface area (TPSA) is 62.2 Å². The van der Waals surface area contributed by atoms with Crippen LogP contribution in [0.3, 0.4) is 0 Å². The first-order chi connectivity index (χ1) is 4.22. The molecule has 0 aromatic heterocycles. The van der Waals surface area contributed by atoms with Crippen molar-refractivity contribution < 1.29 is 0 Å². The van der Waals surface area contributed by atoms with Gasteiger partial charge in [-0.25, -0.2) is 0 Å². The molecule has 52 valence electrons. The van der Waals surface area contributed by atoms with Crippen LogP contribution < -0.4 is 5.73 Å². The molecule has 0 radical (unpaired) electrons. The second-order valence-corrected chi connectivity index (χ2v) is 1.89. The number of hydrogen-bond donors (Lipinski definition) is 2. The molecular formula is C6H13N3. The van der Waals surface area contributed by atoms with Gasteiger partial charge >= 0.3 is 0 Å². The van der Waals surface area contributed by atoms with Crippen molar-refractivity contribution in [3.05, 3.63) is 0 Å². The van der Waals surface area contributed by atoms with Gasteiger partial charge in [-0.2, -0.15) is 0 Å². The zero-order valence-electron chi connectivity index (χ0n) is 5.83. The highest BCUT2D eigenvalue weighted by molar-refractivity contribution is 5.62. The van der Waals surface area contributed by atoms with Gasteiger partial charge in [0, 0.05) is 6.21 Å². The van der Waals surface area contributed by atoms with Crippen LogP contribution in [0.4, 0.5) is 0 Å². The Morgan fingerprint density at radius 2 is 2.22 bits per heavy atom. The molecule has 0 saturated heterocycles. The van der Waals surface area contributed by atoms with Gasteiger partial charge in [-0.3, -0.25) is 4.99 Å². The van der Waals surface area contributed by atoms with Gasteiger partial charge in [0.15, 0.2) is 0 Å². The summed E-state index contributed by atoms with van der Waals surface area (Å²) in [7, 11) is 0. The van der Waals surface area contributed by atoms with Gasteiger partial charge < -0.3 is 11.1 Å². The van der Waals surface area contributed by atoms with Crippen molar-refractivity contribution in [1.82, 2.24) is 0 Å². The van der Waals surface area contributed by atoms with Crippen LogP contribution >= 0.6 is 0 Å². The Hall–Kier alpha value is -0.700. The largest absolute Gasteiger partial charge is 0.321 e. The molecule has 0 amide bonds. The molecule has 0 saturated carbocycles. The molecule has 0 aliphatic rings. The summed E-state index contributed by atoms with van der Waals surface area (Å²) in [5, 5.41) is 6.79. The lowest BCUT2D eigenvalue weighted by Crippen LogP contribution is -2.32. The van der Waals surface area contributed by atoms with Crippen molar-refractivity contribution in [3.63, 3.8) is 0 Å². The summed E-state index contributed by atoms with van der Waals surface area (Å²) < 4.78 is 0. The van der Waals surface area contributed by atoms with E-state index in [1.54, 1.807) is 6.21 Å². The third-order valence-electron chi connectivity index (χ3n) is 1.13. The molecule has 0 rings (SSSR count). The monoisotopic (exact) mass is 127 g/mol. The minimum atomic E-state index is -0.235. The lowest BCUT2D eigenvalue weighted by atomic mass is 10.2. The maximum absolute atomic E-state index is 6.79. The van der Waals surface area contributed by atoms with Gasteiger partial charge in [0.25, 0.3) is 0 Å². The first-order valence-corrected chi connectivity index (χ1v) is 2.96. The molecular weight excluding hydrogens is 114 g/mol. The Bertz CT molecular complexity index is 109. The van der Waals surface area contributed by atoms with E-state index in [4.69, 9.17) is 11.1 Å². The minimum Gasteiger partial charge on any atom is -0.321 e. The average Bonchev–Trinajstić information content (AvgIpc) is 1.87. The third kappa shape index (κ3) is 2.98. The van der Waals surface area contributed by atoms with Crippen molar-refractivity contribution in [3.8, 4) is 0 Å². The first-order valence-electron chi connectivity index (χ1n) is 2.96. The second-order valence-electron chi connectivity index (χ2n) is 1.89. The van der Waals surface area contributed by atoms with E-state index >= 15 is 0 Å². The molecule has 0 bridgehead atoms. The normalized spacial score (nSPS) is 17.7. The molecule has 0 aliphatic heterocycles. The summed E-state index contributed by atoms with van der Waals surface area (Å²) in [5.41, 5.74) is 5.45. The van der Waals surface area contributed by atoms with Crippen LogP contribution in [0, 0.1) is 5.41 Å². The van der Waals surface area contributed by atoms with E-state index in [0.29, 0.717) is 0 Å². The van der Waals surface area contributed by atoms with Crippen LogP contribution in [-0.4, -0.2) is 24.5 Å². The number of nitrogens with one attached hydrogen (secondary N) is 1. The van der Waals surface area contributed by atoms with Crippen LogP contribution in [0.1, 0.15) is 13.8 Å². The summed E-state index contributed by atoms with van der Waals surface area (Å²) in [6.07, 6.45) is 2.91. The number of nitrogens with two attached hydrogens (primary N) is 1. The van der Waals surface area contributed by atoms with E-state index in [9.17, 15) is 0 Å². The van der Waals surface area contributed by atoms with Gasteiger partial charge in [-0.15, -0.1) is 0 Å². The molecule has 0 fully saturated rings. The quantitative estimate of drug-likeness (QED) is 0.531. The Morgan fingerprint density at radius 1 is 1.67 bits per heavy atom. The van der Waals surface area contributed by atoms with Gasteiger partial charge in [-0.05, 0) is 20.1 Å². The highest BCUT2D eigenvalue weighted by Gasteiger charge is 2.04. The molecule has 0 aliphatic carbocycles. The van der Waals surface area contributed by atoms with Gasteiger partial charge in [0.05, 0.1) is 12.1 Å². The van der Waals surface area contributed by atoms with Crippen molar-refractivity contribution in [2.75, 3.05) is 0 Å². The van der Waals surface area contributed by atoms with Crippen LogP contribution in [-0.2, 0) is 0 Å². The van der Waals surface area contributed by atoms with E-state index in [0.717, 1.165) is 0 Å². The SMILES string of the molecule is C/C=N\C(C)C(N)C=N. The zero-order valence-corrected chi connectivity index (χ0v) is 5.83. The maximum Gasteiger partial charge on any atom is 0.0668 e. The van der Waals surface area contributed by atoms with Crippen LogP contribution in [0.15, 0.2) is 4.99 Å². The van der Waals surface area contributed by atoms with Gasteiger partial charge in [0.2, 0.25) is 0 Å².